The lowest BCUT2D eigenvalue weighted by Crippen LogP contribution is -2.23. The van der Waals surface area contributed by atoms with Gasteiger partial charge in [-0.1, -0.05) is 45.5 Å². The highest BCUT2D eigenvalue weighted by molar-refractivity contribution is 7.15. The van der Waals surface area contributed by atoms with Crippen LogP contribution in [0.4, 0.5) is 5.13 Å². The minimum absolute atomic E-state index is 0.106. The Morgan fingerprint density at radius 3 is 2.44 bits per heavy atom. The Labute approximate surface area is 115 Å². The van der Waals surface area contributed by atoms with Crippen LogP contribution in [-0.4, -0.2) is 23.7 Å². The van der Waals surface area contributed by atoms with Crippen molar-refractivity contribution in [1.82, 2.24) is 4.98 Å². The predicted octanol–water partition coefficient (Wildman–Crippen LogP) is 3.63. The van der Waals surface area contributed by atoms with E-state index >= 15 is 0 Å². The van der Waals surface area contributed by atoms with Gasteiger partial charge in [-0.25, -0.2) is 4.98 Å². The second-order valence-corrected chi connectivity index (χ2v) is 6.23. The summed E-state index contributed by atoms with van der Waals surface area (Å²) in [6.45, 7) is 9.93. The summed E-state index contributed by atoms with van der Waals surface area (Å²) in [5, 5.41) is 10.5. The van der Waals surface area contributed by atoms with Crippen LogP contribution in [0.2, 0.25) is 0 Å². The number of thiazole rings is 1. The minimum atomic E-state index is 0.106. The monoisotopic (exact) mass is 270 g/mol. The summed E-state index contributed by atoms with van der Waals surface area (Å²) in [5.41, 5.74) is 1.08. The Morgan fingerprint density at radius 2 is 1.94 bits per heavy atom. The Hall–Kier alpha value is -0.610. The van der Waals surface area contributed by atoms with Gasteiger partial charge in [0.15, 0.2) is 5.13 Å². The number of nitrogens with zero attached hydrogens (tertiary/aromatic N) is 2. The van der Waals surface area contributed by atoms with E-state index in [9.17, 15) is 5.11 Å². The van der Waals surface area contributed by atoms with E-state index in [2.05, 4.69) is 39.6 Å². The highest BCUT2D eigenvalue weighted by atomic mass is 32.1. The molecular formula is C14H26N2OS. The van der Waals surface area contributed by atoms with E-state index in [0.29, 0.717) is 11.8 Å². The van der Waals surface area contributed by atoms with Crippen LogP contribution in [0.3, 0.4) is 0 Å². The molecule has 1 N–H and O–H groups in total. The van der Waals surface area contributed by atoms with E-state index in [1.165, 1.54) is 6.42 Å². The Kier molecular flexibility index (Phi) is 6.09. The molecule has 2 unspecified atom stereocenters. The molecule has 0 bridgehead atoms. The van der Waals surface area contributed by atoms with Crippen LogP contribution in [0.1, 0.15) is 57.0 Å². The number of aliphatic hydroxyl groups is 1. The zero-order valence-corrected chi connectivity index (χ0v) is 13.0. The molecule has 104 valence electrons. The topological polar surface area (TPSA) is 36.4 Å². The molecule has 0 radical (unpaired) electrons. The fourth-order valence-corrected chi connectivity index (χ4v) is 2.89. The van der Waals surface area contributed by atoms with Gasteiger partial charge in [-0.05, 0) is 18.3 Å². The molecule has 1 heterocycles. The lowest BCUT2D eigenvalue weighted by molar-refractivity contribution is 0.283. The standard InChI is InChI=1S/C14H26N2OS/c1-6-10(3)8-16(5)14-15-13(11(4)7-2)12(9-17)18-14/h10-11,17H,6-9H2,1-5H3. The Bertz CT molecular complexity index is 365. The van der Waals surface area contributed by atoms with Crippen LogP contribution < -0.4 is 4.90 Å². The molecule has 0 aliphatic heterocycles. The molecule has 1 aromatic heterocycles. The lowest BCUT2D eigenvalue weighted by atomic mass is 10.0. The number of hydrogen-bond donors (Lipinski definition) is 1. The van der Waals surface area contributed by atoms with Gasteiger partial charge in [0.2, 0.25) is 0 Å². The summed E-state index contributed by atoms with van der Waals surface area (Å²) in [6.07, 6.45) is 2.24. The van der Waals surface area contributed by atoms with Crippen molar-refractivity contribution < 1.29 is 5.11 Å². The van der Waals surface area contributed by atoms with Crippen molar-refractivity contribution in [3.05, 3.63) is 10.6 Å². The summed E-state index contributed by atoms with van der Waals surface area (Å²) >= 11 is 1.63. The fraction of sp³-hybridized carbons (Fsp3) is 0.786. The SMILES string of the molecule is CCC(C)CN(C)c1nc(C(C)CC)c(CO)s1. The third-order valence-electron chi connectivity index (χ3n) is 3.55. The number of hydrogen-bond acceptors (Lipinski definition) is 4. The van der Waals surface area contributed by atoms with Gasteiger partial charge < -0.3 is 10.0 Å². The van der Waals surface area contributed by atoms with E-state index in [1.54, 1.807) is 11.3 Å². The molecule has 1 aromatic rings. The van der Waals surface area contributed by atoms with Gasteiger partial charge in [-0.2, -0.15) is 0 Å². The van der Waals surface area contributed by atoms with Crippen molar-refractivity contribution in [2.45, 2.75) is 53.1 Å². The molecule has 0 saturated heterocycles. The summed E-state index contributed by atoms with van der Waals surface area (Å²) in [7, 11) is 2.09. The predicted molar refractivity (Wildman–Crippen MR) is 79.5 cm³/mol. The van der Waals surface area contributed by atoms with Crippen molar-refractivity contribution in [1.29, 1.82) is 0 Å². The molecule has 18 heavy (non-hydrogen) atoms. The van der Waals surface area contributed by atoms with Crippen molar-refractivity contribution >= 4 is 16.5 Å². The van der Waals surface area contributed by atoms with Gasteiger partial charge in [-0.3, -0.25) is 0 Å². The van der Waals surface area contributed by atoms with Crippen LogP contribution >= 0.6 is 11.3 Å². The zero-order valence-electron chi connectivity index (χ0n) is 12.2. The lowest BCUT2D eigenvalue weighted by Gasteiger charge is -2.19. The highest BCUT2D eigenvalue weighted by Gasteiger charge is 2.18. The van der Waals surface area contributed by atoms with Crippen molar-refractivity contribution in [2.75, 3.05) is 18.5 Å². The number of aliphatic hydroxyl groups excluding tert-OH is 1. The number of rotatable bonds is 7. The van der Waals surface area contributed by atoms with Gasteiger partial charge in [0.05, 0.1) is 17.2 Å². The van der Waals surface area contributed by atoms with Gasteiger partial charge >= 0.3 is 0 Å². The minimum Gasteiger partial charge on any atom is -0.391 e. The normalized spacial score (nSPS) is 14.6. The maximum atomic E-state index is 9.44. The molecule has 0 spiro atoms. The average molecular weight is 270 g/mol. The van der Waals surface area contributed by atoms with E-state index in [0.717, 1.165) is 28.7 Å². The van der Waals surface area contributed by atoms with Crippen LogP contribution in [0.25, 0.3) is 0 Å². The molecule has 0 aliphatic carbocycles. The van der Waals surface area contributed by atoms with Gasteiger partial charge in [0.25, 0.3) is 0 Å². The van der Waals surface area contributed by atoms with Gasteiger partial charge in [0.1, 0.15) is 0 Å². The molecule has 0 amide bonds. The molecule has 4 heteroatoms. The van der Waals surface area contributed by atoms with Crippen LogP contribution in [0.5, 0.6) is 0 Å². The zero-order chi connectivity index (χ0) is 13.7. The van der Waals surface area contributed by atoms with E-state index < -0.39 is 0 Å². The third kappa shape index (κ3) is 3.69. The highest BCUT2D eigenvalue weighted by Crippen LogP contribution is 2.32. The number of anilines is 1. The first-order chi connectivity index (χ1) is 8.53. The first-order valence-corrected chi connectivity index (χ1v) is 7.66. The average Bonchev–Trinajstić information content (AvgIpc) is 2.81. The summed E-state index contributed by atoms with van der Waals surface area (Å²) in [4.78, 5) is 7.96. The molecule has 0 aromatic carbocycles. The Balaban J connectivity index is 2.87. The van der Waals surface area contributed by atoms with Crippen molar-refractivity contribution in [2.24, 2.45) is 5.92 Å². The third-order valence-corrected chi connectivity index (χ3v) is 4.72. The van der Waals surface area contributed by atoms with E-state index in [-0.39, 0.29) is 6.61 Å². The van der Waals surface area contributed by atoms with Crippen LogP contribution in [0, 0.1) is 5.92 Å². The van der Waals surface area contributed by atoms with E-state index in [1.807, 2.05) is 0 Å². The first-order valence-electron chi connectivity index (χ1n) is 6.84. The fourth-order valence-electron chi connectivity index (χ4n) is 1.88. The van der Waals surface area contributed by atoms with Gasteiger partial charge in [0, 0.05) is 13.6 Å². The van der Waals surface area contributed by atoms with Gasteiger partial charge in [-0.15, -0.1) is 0 Å². The quantitative estimate of drug-likeness (QED) is 0.822. The molecule has 0 aliphatic rings. The molecule has 3 nitrogen and oxygen atoms in total. The molecule has 1 rings (SSSR count). The Morgan fingerprint density at radius 1 is 1.28 bits per heavy atom. The van der Waals surface area contributed by atoms with E-state index in [4.69, 9.17) is 4.98 Å². The maximum absolute atomic E-state index is 9.44. The summed E-state index contributed by atoms with van der Waals surface area (Å²) < 4.78 is 0. The van der Waals surface area contributed by atoms with Crippen molar-refractivity contribution in [3.63, 3.8) is 0 Å². The second kappa shape index (κ2) is 7.10. The molecule has 0 saturated carbocycles. The second-order valence-electron chi connectivity index (χ2n) is 5.17. The number of aromatic nitrogens is 1. The molecule has 0 fully saturated rings. The maximum Gasteiger partial charge on any atom is 0.185 e. The molecular weight excluding hydrogens is 244 g/mol. The van der Waals surface area contributed by atoms with Crippen LogP contribution in [-0.2, 0) is 6.61 Å². The largest absolute Gasteiger partial charge is 0.391 e. The first kappa shape index (κ1) is 15.4. The summed E-state index contributed by atoms with van der Waals surface area (Å²) in [6, 6.07) is 0. The van der Waals surface area contributed by atoms with Crippen molar-refractivity contribution in [3.8, 4) is 0 Å². The smallest absolute Gasteiger partial charge is 0.185 e. The summed E-state index contributed by atoms with van der Waals surface area (Å²) in [5.74, 6) is 1.10. The molecule has 2 atom stereocenters. The van der Waals surface area contributed by atoms with Crippen LogP contribution in [0.15, 0.2) is 0 Å².